The van der Waals surface area contributed by atoms with Gasteiger partial charge in [-0.15, -0.1) is 11.3 Å². The van der Waals surface area contributed by atoms with Crippen molar-refractivity contribution in [3.05, 3.63) is 53.0 Å². The van der Waals surface area contributed by atoms with Crippen LogP contribution in [0.15, 0.2) is 42.2 Å². The molecule has 1 N–H and O–H groups in total. The molecule has 0 atom stereocenters. The fraction of sp³-hybridized carbons (Fsp3) is 0. The van der Waals surface area contributed by atoms with Crippen LogP contribution in [-0.4, -0.2) is 25.8 Å². The number of carbonyl (C=O) groups is 1. The number of pyridine rings is 1. The van der Waals surface area contributed by atoms with Crippen molar-refractivity contribution in [3.8, 4) is 11.4 Å². The average Bonchev–Trinajstić information content (AvgIpc) is 2.97. The van der Waals surface area contributed by atoms with Crippen molar-refractivity contribution < 1.29 is 4.79 Å². The monoisotopic (exact) mass is 317 g/mol. The molecule has 0 aliphatic rings. The summed E-state index contributed by atoms with van der Waals surface area (Å²) in [4.78, 5) is 28.2. The summed E-state index contributed by atoms with van der Waals surface area (Å²) in [6.45, 7) is 0. The minimum Gasteiger partial charge on any atom is -0.296 e. The highest BCUT2D eigenvalue weighted by Gasteiger charge is 2.12. The van der Waals surface area contributed by atoms with Gasteiger partial charge in [-0.2, -0.15) is 0 Å². The van der Waals surface area contributed by atoms with Crippen molar-refractivity contribution in [2.75, 3.05) is 5.32 Å². The summed E-state index contributed by atoms with van der Waals surface area (Å²) < 4.78 is 0. The first-order chi connectivity index (χ1) is 10.2. The van der Waals surface area contributed by atoms with E-state index in [1.807, 2.05) is 23.6 Å². The zero-order valence-electron chi connectivity index (χ0n) is 10.5. The number of anilines is 1. The third-order valence-electron chi connectivity index (χ3n) is 2.49. The molecule has 0 unspecified atom stereocenters. The molecule has 0 bridgehead atoms. The van der Waals surface area contributed by atoms with E-state index in [4.69, 9.17) is 11.6 Å². The van der Waals surface area contributed by atoms with E-state index in [1.54, 1.807) is 6.20 Å². The average molecular weight is 318 g/mol. The summed E-state index contributed by atoms with van der Waals surface area (Å²) >= 11 is 7.01. The molecule has 21 heavy (non-hydrogen) atoms. The standard InChI is InChI=1S/C13H8ClN5OS/c14-11-6-15-5-9(17-11)12(20)19-13-18-10(7-21-13)8-3-1-2-4-16-8/h1-7H,(H,18,19,20). The Hall–Kier alpha value is -2.38. The molecular formula is C13H8ClN5OS. The molecule has 0 radical (unpaired) electrons. The summed E-state index contributed by atoms with van der Waals surface area (Å²) in [5.41, 5.74) is 1.59. The Bertz CT molecular complexity index is 777. The molecule has 3 rings (SSSR count). The predicted octanol–water partition coefficient (Wildman–Crippen LogP) is 2.90. The van der Waals surface area contributed by atoms with E-state index >= 15 is 0 Å². The van der Waals surface area contributed by atoms with Crippen molar-refractivity contribution in [1.82, 2.24) is 19.9 Å². The van der Waals surface area contributed by atoms with Gasteiger partial charge in [0.1, 0.15) is 16.5 Å². The minimum atomic E-state index is -0.410. The van der Waals surface area contributed by atoms with Gasteiger partial charge in [-0.1, -0.05) is 17.7 Å². The quantitative estimate of drug-likeness (QED) is 0.803. The molecule has 8 heteroatoms. The Labute approximate surface area is 128 Å². The maximum atomic E-state index is 12.0. The lowest BCUT2D eigenvalue weighted by molar-refractivity contribution is 0.102. The second kappa shape index (κ2) is 5.94. The van der Waals surface area contributed by atoms with Gasteiger partial charge in [0.2, 0.25) is 0 Å². The smallest absolute Gasteiger partial charge is 0.277 e. The van der Waals surface area contributed by atoms with Crippen LogP contribution in [0.4, 0.5) is 5.13 Å². The van der Waals surface area contributed by atoms with Crippen molar-refractivity contribution >= 4 is 34.0 Å². The highest BCUT2D eigenvalue weighted by molar-refractivity contribution is 7.14. The number of hydrogen-bond acceptors (Lipinski definition) is 6. The highest BCUT2D eigenvalue weighted by Crippen LogP contribution is 2.23. The second-order valence-corrected chi connectivity index (χ2v) is 5.18. The lowest BCUT2D eigenvalue weighted by atomic mass is 10.3. The normalized spacial score (nSPS) is 10.3. The Balaban J connectivity index is 1.77. The van der Waals surface area contributed by atoms with Crippen LogP contribution in [0.1, 0.15) is 10.5 Å². The lowest BCUT2D eigenvalue weighted by Crippen LogP contribution is -2.13. The zero-order valence-corrected chi connectivity index (χ0v) is 12.1. The summed E-state index contributed by atoms with van der Waals surface area (Å²) in [5.74, 6) is -0.410. The number of amides is 1. The van der Waals surface area contributed by atoms with Crippen LogP contribution in [0, 0.1) is 0 Å². The van der Waals surface area contributed by atoms with Crippen LogP contribution in [-0.2, 0) is 0 Å². The van der Waals surface area contributed by atoms with Gasteiger partial charge in [-0.05, 0) is 12.1 Å². The van der Waals surface area contributed by atoms with Crippen molar-refractivity contribution in [2.45, 2.75) is 0 Å². The Morgan fingerprint density at radius 1 is 1.19 bits per heavy atom. The molecule has 0 saturated carbocycles. The zero-order chi connectivity index (χ0) is 14.7. The molecule has 0 aromatic carbocycles. The Morgan fingerprint density at radius 3 is 2.86 bits per heavy atom. The van der Waals surface area contributed by atoms with Gasteiger partial charge in [0, 0.05) is 11.6 Å². The van der Waals surface area contributed by atoms with Gasteiger partial charge < -0.3 is 0 Å². The summed E-state index contributed by atoms with van der Waals surface area (Å²) in [7, 11) is 0. The SMILES string of the molecule is O=C(Nc1nc(-c2ccccn2)cs1)c1cncc(Cl)n1. The number of thiazole rings is 1. The van der Waals surface area contributed by atoms with Crippen molar-refractivity contribution in [1.29, 1.82) is 0 Å². The predicted molar refractivity (Wildman–Crippen MR) is 80.3 cm³/mol. The summed E-state index contributed by atoms with van der Waals surface area (Å²) in [5, 5.41) is 5.10. The van der Waals surface area contributed by atoms with E-state index in [1.165, 1.54) is 23.7 Å². The molecule has 0 aliphatic heterocycles. The lowest BCUT2D eigenvalue weighted by Gasteiger charge is -2.00. The van der Waals surface area contributed by atoms with Crippen molar-refractivity contribution in [2.24, 2.45) is 0 Å². The number of aromatic nitrogens is 4. The first kappa shape index (κ1) is 13.6. The van der Waals surface area contributed by atoms with Crippen LogP contribution in [0.2, 0.25) is 5.15 Å². The van der Waals surface area contributed by atoms with Crippen LogP contribution >= 0.6 is 22.9 Å². The number of nitrogens with zero attached hydrogens (tertiary/aromatic N) is 4. The van der Waals surface area contributed by atoms with Gasteiger partial charge in [0.25, 0.3) is 5.91 Å². The Kier molecular flexibility index (Phi) is 3.85. The fourth-order valence-corrected chi connectivity index (χ4v) is 2.42. The number of carbonyl (C=O) groups excluding carboxylic acids is 1. The first-order valence-electron chi connectivity index (χ1n) is 5.88. The molecule has 0 fully saturated rings. The number of nitrogens with one attached hydrogen (secondary N) is 1. The van der Waals surface area contributed by atoms with Gasteiger partial charge >= 0.3 is 0 Å². The Morgan fingerprint density at radius 2 is 2.10 bits per heavy atom. The van der Waals surface area contributed by atoms with E-state index in [0.717, 1.165) is 5.69 Å². The van der Waals surface area contributed by atoms with Gasteiger partial charge in [0.15, 0.2) is 5.13 Å². The maximum absolute atomic E-state index is 12.0. The molecule has 6 nitrogen and oxygen atoms in total. The number of halogens is 1. The topological polar surface area (TPSA) is 80.7 Å². The first-order valence-corrected chi connectivity index (χ1v) is 7.14. The third-order valence-corrected chi connectivity index (χ3v) is 3.43. The maximum Gasteiger partial charge on any atom is 0.277 e. The molecule has 0 saturated heterocycles. The third kappa shape index (κ3) is 3.21. The molecule has 3 heterocycles. The van der Waals surface area contributed by atoms with E-state index in [2.05, 4.69) is 25.3 Å². The molecule has 1 amide bonds. The van der Waals surface area contributed by atoms with Gasteiger partial charge in [-0.25, -0.2) is 9.97 Å². The molecule has 3 aromatic heterocycles. The largest absolute Gasteiger partial charge is 0.296 e. The summed E-state index contributed by atoms with van der Waals surface area (Å²) in [6.07, 6.45) is 4.39. The van der Waals surface area contributed by atoms with Crippen molar-refractivity contribution in [3.63, 3.8) is 0 Å². The molecule has 3 aromatic rings. The molecule has 104 valence electrons. The highest BCUT2D eigenvalue weighted by atomic mass is 35.5. The van der Waals surface area contributed by atoms with Gasteiger partial charge in [-0.3, -0.25) is 20.1 Å². The molecular weight excluding hydrogens is 310 g/mol. The fourth-order valence-electron chi connectivity index (χ4n) is 1.58. The van der Waals surface area contributed by atoms with E-state index in [9.17, 15) is 4.79 Å². The van der Waals surface area contributed by atoms with Gasteiger partial charge in [0.05, 0.1) is 18.1 Å². The molecule has 0 aliphatic carbocycles. The second-order valence-electron chi connectivity index (χ2n) is 3.93. The summed E-state index contributed by atoms with van der Waals surface area (Å²) in [6, 6.07) is 5.56. The minimum absolute atomic E-state index is 0.136. The van der Waals surface area contributed by atoms with Crippen LogP contribution < -0.4 is 5.32 Å². The van der Waals surface area contributed by atoms with Crippen LogP contribution in [0.5, 0.6) is 0 Å². The number of rotatable bonds is 3. The van der Waals surface area contributed by atoms with Crippen LogP contribution in [0.25, 0.3) is 11.4 Å². The van der Waals surface area contributed by atoms with E-state index in [0.29, 0.717) is 10.8 Å². The van der Waals surface area contributed by atoms with E-state index in [-0.39, 0.29) is 10.8 Å². The molecule has 0 spiro atoms. The van der Waals surface area contributed by atoms with Crippen LogP contribution in [0.3, 0.4) is 0 Å². The number of hydrogen-bond donors (Lipinski definition) is 1. The van der Waals surface area contributed by atoms with E-state index < -0.39 is 5.91 Å².